The smallest absolute Gasteiger partial charge is 0.267 e. The van der Waals surface area contributed by atoms with Crippen molar-refractivity contribution in [3.05, 3.63) is 59.1 Å². The van der Waals surface area contributed by atoms with Crippen molar-refractivity contribution in [3.63, 3.8) is 0 Å². The molecule has 2 fully saturated rings. The molecule has 0 N–H and O–H groups in total. The number of hydrogen-bond donors (Lipinski definition) is 0. The molecular formula is C26H28ClN3O5. The molecule has 3 aliphatic rings. The van der Waals surface area contributed by atoms with Crippen LogP contribution in [0.1, 0.15) is 23.2 Å². The summed E-state index contributed by atoms with van der Waals surface area (Å²) >= 11 is 5.91. The fourth-order valence-electron chi connectivity index (χ4n) is 4.85. The summed E-state index contributed by atoms with van der Waals surface area (Å²) in [6.07, 6.45) is 0.614. The molecule has 2 saturated heterocycles. The van der Waals surface area contributed by atoms with E-state index in [0.717, 1.165) is 0 Å². The van der Waals surface area contributed by atoms with Gasteiger partial charge in [-0.1, -0.05) is 23.7 Å². The van der Waals surface area contributed by atoms with Gasteiger partial charge in [0.1, 0.15) is 6.61 Å². The van der Waals surface area contributed by atoms with Gasteiger partial charge in [-0.25, -0.2) is 0 Å². The van der Waals surface area contributed by atoms with E-state index >= 15 is 0 Å². The first-order valence-electron chi connectivity index (χ1n) is 12.0. The molecule has 0 radical (unpaired) electrons. The Morgan fingerprint density at radius 2 is 1.34 bits per heavy atom. The lowest BCUT2D eigenvalue weighted by Crippen LogP contribution is -2.56. The van der Waals surface area contributed by atoms with E-state index in [4.69, 9.17) is 21.1 Å². The zero-order valence-corrected chi connectivity index (χ0v) is 20.2. The van der Waals surface area contributed by atoms with E-state index in [0.29, 0.717) is 74.2 Å². The molecule has 2 aromatic rings. The largest absolute Gasteiger partial charge is 0.485 e. The van der Waals surface area contributed by atoms with Gasteiger partial charge in [0, 0.05) is 55.8 Å². The van der Waals surface area contributed by atoms with Crippen LogP contribution in [0.15, 0.2) is 48.5 Å². The van der Waals surface area contributed by atoms with Crippen LogP contribution in [0.4, 0.5) is 0 Å². The Morgan fingerprint density at radius 1 is 0.743 bits per heavy atom. The molecule has 3 aliphatic heterocycles. The third-order valence-electron chi connectivity index (χ3n) is 6.91. The van der Waals surface area contributed by atoms with Crippen LogP contribution in [-0.4, -0.2) is 84.4 Å². The third-order valence-corrected chi connectivity index (χ3v) is 7.16. The summed E-state index contributed by atoms with van der Waals surface area (Å²) in [7, 11) is 0. The van der Waals surface area contributed by atoms with Gasteiger partial charge < -0.3 is 24.2 Å². The molecular weight excluding hydrogens is 470 g/mol. The fourth-order valence-corrected chi connectivity index (χ4v) is 4.98. The van der Waals surface area contributed by atoms with Gasteiger partial charge in [-0.3, -0.25) is 14.4 Å². The second-order valence-electron chi connectivity index (χ2n) is 9.09. The van der Waals surface area contributed by atoms with Crippen LogP contribution in [0.25, 0.3) is 0 Å². The minimum atomic E-state index is -0.672. The van der Waals surface area contributed by atoms with Crippen molar-refractivity contribution in [2.75, 3.05) is 45.9 Å². The quantitative estimate of drug-likeness (QED) is 0.651. The molecule has 8 nitrogen and oxygen atoms in total. The molecule has 0 aliphatic carbocycles. The van der Waals surface area contributed by atoms with E-state index in [2.05, 4.69) is 0 Å². The lowest BCUT2D eigenvalue weighted by atomic mass is 9.94. The summed E-state index contributed by atoms with van der Waals surface area (Å²) in [6, 6.07) is 14.2. The number of hydrogen-bond acceptors (Lipinski definition) is 5. The molecule has 1 unspecified atom stereocenters. The summed E-state index contributed by atoms with van der Waals surface area (Å²) in [5, 5.41) is 0.595. The number of fused-ring (bicyclic) bond motifs is 1. The predicted octanol–water partition coefficient (Wildman–Crippen LogP) is 2.70. The first-order chi connectivity index (χ1) is 17.0. The number of nitrogens with zero attached hydrogens (tertiary/aromatic N) is 3. The van der Waals surface area contributed by atoms with Gasteiger partial charge in [0.15, 0.2) is 11.5 Å². The van der Waals surface area contributed by atoms with E-state index in [-0.39, 0.29) is 30.2 Å². The second kappa shape index (κ2) is 10.2. The van der Waals surface area contributed by atoms with Gasteiger partial charge in [0.25, 0.3) is 11.8 Å². The molecule has 5 rings (SSSR count). The number of piperidine rings is 1. The molecule has 0 aromatic heterocycles. The average Bonchev–Trinajstić information content (AvgIpc) is 2.92. The second-order valence-corrected chi connectivity index (χ2v) is 9.52. The highest BCUT2D eigenvalue weighted by atomic mass is 35.5. The monoisotopic (exact) mass is 497 g/mol. The number of likely N-dealkylation sites (tertiary alicyclic amines) is 1. The van der Waals surface area contributed by atoms with Gasteiger partial charge in [-0.2, -0.15) is 0 Å². The van der Waals surface area contributed by atoms with Crippen molar-refractivity contribution >= 4 is 29.3 Å². The lowest BCUT2D eigenvalue weighted by Gasteiger charge is -2.39. The van der Waals surface area contributed by atoms with Crippen molar-refractivity contribution in [3.8, 4) is 11.5 Å². The van der Waals surface area contributed by atoms with Crippen molar-refractivity contribution in [1.29, 1.82) is 0 Å². The van der Waals surface area contributed by atoms with Crippen molar-refractivity contribution < 1.29 is 23.9 Å². The fraction of sp³-hybridized carbons (Fsp3) is 0.423. The number of halogens is 1. The third kappa shape index (κ3) is 5.07. The maximum Gasteiger partial charge on any atom is 0.267 e. The Morgan fingerprint density at radius 3 is 2.00 bits per heavy atom. The molecule has 9 heteroatoms. The SMILES string of the molecule is O=C(c1ccc(Cl)cc1)N1CCC(C(=O)N2CCN(C(=O)C3COc4ccccc4O3)CC2)CC1. The molecule has 184 valence electrons. The molecule has 3 amide bonds. The van der Waals surface area contributed by atoms with Crippen molar-refractivity contribution in [2.45, 2.75) is 18.9 Å². The maximum absolute atomic E-state index is 13.1. The molecule has 3 heterocycles. The van der Waals surface area contributed by atoms with Crippen LogP contribution in [-0.2, 0) is 9.59 Å². The number of ether oxygens (including phenoxy) is 2. The number of para-hydroxylation sites is 2. The molecule has 0 spiro atoms. The highest BCUT2D eigenvalue weighted by Gasteiger charge is 2.35. The normalized spacial score (nSPS) is 20.5. The maximum atomic E-state index is 13.1. The molecule has 1 atom stereocenters. The van der Waals surface area contributed by atoms with Crippen LogP contribution < -0.4 is 9.47 Å². The minimum absolute atomic E-state index is 0.0313. The summed E-state index contributed by atoms with van der Waals surface area (Å²) in [6.45, 7) is 3.23. The number of amides is 3. The Bertz CT molecular complexity index is 1090. The summed E-state index contributed by atoms with van der Waals surface area (Å²) in [5.41, 5.74) is 0.607. The number of carbonyl (C=O) groups is 3. The van der Waals surface area contributed by atoms with Gasteiger partial charge in [-0.15, -0.1) is 0 Å². The number of piperazine rings is 1. The van der Waals surface area contributed by atoms with Crippen LogP contribution in [0.5, 0.6) is 11.5 Å². The van der Waals surface area contributed by atoms with Crippen LogP contribution >= 0.6 is 11.6 Å². The first kappa shape index (κ1) is 23.5. The average molecular weight is 498 g/mol. The standard InChI is InChI=1S/C26H28ClN3O5/c27-20-7-5-18(6-8-20)24(31)28-11-9-19(10-12-28)25(32)29-13-15-30(16-14-29)26(33)23-17-34-21-3-1-2-4-22(21)35-23/h1-8,19,23H,9-17H2. The van der Waals surface area contributed by atoms with Crippen LogP contribution in [0.3, 0.4) is 0 Å². The number of carbonyl (C=O) groups excluding carboxylic acids is 3. The van der Waals surface area contributed by atoms with Crippen molar-refractivity contribution in [1.82, 2.24) is 14.7 Å². The van der Waals surface area contributed by atoms with E-state index in [9.17, 15) is 14.4 Å². The van der Waals surface area contributed by atoms with Crippen LogP contribution in [0, 0.1) is 5.92 Å². The highest BCUT2D eigenvalue weighted by molar-refractivity contribution is 6.30. The Balaban J connectivity index is 1.09. The molecule has 35 heavy (non-hydrogen) atoms. The molecule has 0 saturated carbocycles. The van der Waals surface area contributed by atoms with Gasteiger partial charge >= 0.3 is 0 Å². The van der Waals surface area contributed by atoms with Gasteiger partial charge in [-0.05, 0) is 49.2 Å². The van der Waals surface area contributed by atoms with E-state index < -0.39 is 6.10 Å². The topological polar surface area (TPSA) is 79.4 Å². The zero-order chi connectivity index (χ0) is 24.4. The Kier molecular flexibility index (Phi) is 6.81. The van der Waals surface area contributed by atoms with Crippen molar-refractivity contribution in [2.24, 2.45) is 5.92 Å². The predicted molar refractivity (Wildman–Crippen MR) is 130 cm³/mol. The van der Waals surface area contributed by atoms with E-state index in [1.54, 1.807) is 40.1 Å². The minimum Gasteiger partial charge on any atom is -0.485 e. The molecule has 0 bridgehead atoms. The van der Waals surface area contributed by atoms with E-state index in [1.807, 2.05) is 23.1 Å². The summed E-state index contributed by atoms with van der Waals surface area (Å²) < 4.78 is 11.5. The lowest BCUT2D eigenvalue weighted by molar-refractivity contribution is -0.148. The zero-order valence-electron chi connectivity index (χ0n) is 19.4. The van der Waals surface area contributed by atoms with E-state index in [1.165, 1.54) is 0 Å². The number of benzene rings is 2. The summed E-state index contributed by atoms with van der Waals surface area (Å²) in [5.74, 6) is 1.09. The Labute approximate surface area is 209 Å². The molecule has 2 aromatic carbocycles. The Hall–Kier alpha value is -3.26. The highest BCUT2D eigenvalue weighted by Crippen LogP contribution is 2.31. The summed E-state index contributed by atoms with van der Waals surface area (Å²) in [4.78, 5) is 44.2. The van der Waals surface area contributed by atoms with Crippen LogP contribution in [0.2, 0.25) is 5.02 Å². The first-order valence-corrected chi connectivity index (χ1v) is 12.4. The van der Waals surface area contributed by atoms with Gasteiger partial charge in [0.05, 0.1) is 0 Å². The number of rotatable bonds is 3. The van der Waals surface area contributed by atoms with Gasteiger partial charge in [0.2, 0.25) is 12.0 Å².